The zero-order valence-electron chi connectivity index (χ0n) is 24.4. The molecule has 0 rings (SSSR count). The van der Waals surface area contributed by atoms with Crippen molar-refractivity contribution < 1.29 is 14.2 Å². The van der Waals surface area contributed by atoms with E-state index in [9.17, 15) is 0 Å². The van der Waals surface area contributed by atoms with Crippen molar-refractivity contribution in [1.82, 2.24) is 0 Å². The third-order valence-electron chi connectivity index (χ3n) is 6.49. The summed E-state index contributed by atoms with van der Waals surface area (Å²) in [5.41, 5.74) is 0. The predicted octanol–water partition coefficient (Wildman–Crippen LogP) is 11.1. The minimum absolute atomic E-state index is 0.201. The summed E-state index contributed by atoms with van der Waals surface area (Å²) in [6.45, 7) is 5.37. The van der Waals surface area contributed by atoms with Gasteiger partial charge in [0.15, 0.2) is 12.6 Å². The number of rotatable bonds is 30. The molecule has 0 aliphatic heterocycles. The first kappa shape index (κ1) is 36.9. The second kappa shape index (κ2) is 32.2. The van der Waals surface area contributed by atoms with Crippen molar-refractivity contribution in [3.63, 3.8) is 0 Å². The Morgan fingerprint density at radius 3 is 1.14 bits per heavy atom. The Balaban J connectivity index is 3.96. The molecular weight excluding hydrogens is 503 g/mol. The summed E-state index contributed by atoms with van der Waals surface area (Å²) in [6.07, 6.45) is 33.0. The molecule has 0 fully saturated rings. The van der Waals surface area contributed by atoms with Crippen LogP contribution in [0.25, 0.3) is 0 Å². The van der Waals surface area contributed by atoms with E-state index in [4.69, 9.17) is 37.4 Å². The average Bonchev–Trinajstić information content (AvgIpc) is 2.90. The minimum Gasteiger partial charge on any atom is -0.353 e. The molecule has 3 nitrogen and oxygen atoms in total. The van der Waals surface area contributed by atoms with Crippen molar-refractivity contribution in [2.45, 2.75) is 155 Å². The van der Waals surface area contributed by atoms with E-state index in [0.717, 1.165) is 50.3 Å². The summed E-state index contributed by atoms with van der Waals surface area (Å²) in [4.78, 5) is 0. The fourth-order valence-corrected chi connectivity index (χ4v) is 4.72. The molecule has 0 bridgehead atoms. The van der Waals surface area contributed by atoms with Gasteiger partial charge >= 0.3 is 0 Å². The van der Waals surface area contributed by atoms with Crippen molar-refractivity contribution in [2.24, 2.45) is 0 Å². The van der Waals surface area contributed by atoms with Crippen molar-refractivity contribution >= 4 is 23.2 Å². The highest BCUT2D eigenvalue weighted by atomic mass is 35.5. The second-order valence-electron chi connectivity index (χ2n) is 9.91. The maximum atomic E-state index is 6.20. The lowest BCUT2D eigenvalue weighted by Crippen LogP contribution is -2.27. The highest BCUT2D eigenvalue weighted by Crippen LogP contribution is 2.15. The monoisotopic (exact) mass is 562 g/mol. The first-order chi connectivity index (χ1) is 18.3. The second-order valence-corrected chi connectivity index (χ2v) is 10.7. The van der Waals surface area contributed by atoms with Crippen LogP contribution in [0.3, 0.4) is 0 Å². The summed E-state index contributed by atoms with van der Waals surface area (Å²) in [7, 11) is 0. The molecule has 0 saturated carbocycles. The van der Waals surface area contributed by atoms with Gasteiger partial charge in [0.25, 0.3) is 0 Å². The Hall–Kier alpha value is -0.0600. The SMILES string of the molecule is CCOC(CCC=CCCCCCCCCCCl)OC(CCC=CCCCCCCCCCCl)OCC. The highest BCUT2D eigenvalue weighted by molar-refractivity contribution is 6.18. The van der Waals surface area contributed by atoms with Gasteiger partial charge in [0, 0.05) is 37.8 Å². The van der Waals surface area contributed by atoms with Gasteiger partial charge in [-0.25, -0.2) is 0 Å². The average molecular weight is 564 g/mol. The first-order valence-corrected chi connectivity index (χ1v) is 16.7. The summed E-state index contributed by atoms with van der Waals surface area (Å²) in [5.74, 6) is 1.61. The fraction of sp³-hybridized carbons (Fsp3) is 0.875. The molecule has 0 N–H and O–H groups in total. The first-order valence-electron chi connectivity index (χ1n) is 15.6. The zero-order valence-corrected chi connectivity index (χ0v) is 25.9. The molecule has 0 aromatic carbocycles. The van der Waals surface area contributed by atoms with Gasteiger partial charge in [-0.3, -0.25) is 0 Å². The van der Waals surface area contributed by atoms with Gasteiger partial charge in [-0.15, -0.1) is 23.2 Å². The van der Waals surface area contributed by atoms with Crippen LogP contribution in [-0.2, 0) is 14.2 Å². The Bertz CT molecular complexity index is 443. The van der Waals surface area contributed by atoms with Crippen molar-refractivity contribution in [2.75, 3.05) is 25.0 Å². The van der Waals surface area contributed by atoms with E-state index in [1.165, 1.54) is 89.9 Å². The van der Waals surface area contributed by atoms with Crippen LogP contribution in [0.15, 0.2) is 24.3 Å². The fourth-order valence-electron chi connectivity index (χ4n) is 4.34. The van der Waals surface area contributed by atoms with E-state index in [-0.39, 0.29) is 12.6 Å². The molecule has 0 aliphatic rings. The van der Waals surface area contributed by atoms with Crippen LogP contribution in [0.4, 0.5) is 0 Å². The van der Waals surface area contributed by atoms with E-state index in [0.29, 0.717) is 13.2 Å². The third kappa shape index (κ3) is 28.8. The van der Waals surface area contributed by atoms with Crippen LogP contribution in [0.5, 0.6) is 0 Å². The normalized spacial score (nSPS) is 13.7. The van der Waals surface area contributed by atoms with Crippen molar-refractivity contribution in [3.05, 3.63) is 24.3 Å². The molecule has 0 aromatic rings. The third-order valence-corrected chi connectivity index (χ3v) is 7.02. The number of unbranched alkanes of at least 4 members (excludes halogenated alkanes) is 14. The number of halogens is 2. The number of alkyl halides is 2. The molecule has 37 heavy (non-hydrogen) atoms. The molecule has 2 unspecified atom stereocenters. The lowest BCUT2D eigenvalue weighted by Gasteiger charge is -2.24. The molecule has 2 atom stereocenters. The lowest BCUT2D eigenvalue weighted by atomic mass is 10.1. The zero-order chi connectivity index (χ0) is 27.1. The van der Waals surface area contributed by atoms with Gasteiger partial charge in [-0.05, 0) is 65.2 Å². The van der Waals surface area contributed by atoms with E-state index < -0.39 is 0 Å². The number of ether oxygens (including phenoxy) is 3. The maximum Gasteiger partial charge on any atom is 0.161 e. The molecule has 0 spiro atoms. The van der Waals surface area contributed by atoms with Gasteiger partial charge in [-0.2, -0.15) is 0 Å². The van der Waals surface area contributed by atoms with Crippen LogP contribution in [0.1, 0.15) is 142 Å². The maximum absolute atomic E-state index is 6.20. The smallest absolute Gasteiger partial charge is 0.161 e. The van der Waals surface area contributed by atoms with Crippen molar-refractivity contribution in [3.8, 4) is 0 Å². The lowest BCUT2D eigenvalue weighted by molar-refractivity contribution is -0.246. The number of hydrogen-bond donors (Lipinski definition) is 0. The van der Waals surface area contributed by atoms with Crippen LogP contribution < -0.4 is 0 Å². The molecular formula is C32H60Cl2O3. The quantitative estimate of drug-likeness (QED) is 0.0376. The Morgan fingerprint density at radius 2 is 0.784 bits per heavy atom. The Labute approximate surface area is 241 Å². The van der Waals surface area contributed by atoms with E-state index >= 15 is 0 Å². The Kier molecular flexibility index (Phi) is 32.1. The van der Waals surface area contributed by atoms with Gasteiger partial charge in [0.1, 0.15) is 0 Å². The molecule has 0 heterocycles. The predicted molar refractivity (Wildman–Crippen MR) is 164 cm³/mol. The van der Waals surface area contributed by atoms with Gasteiger partial charge < -0.3 is 14.2 Å². The molecule has 220 valence electrons. The van der Waals surface area contributed by atoms with E-state index in [1.54, 1.807) is 0 Å². The molecule has 0 radical (unpaired) electrons. The van der Waals surface area contributed by atoms with Crippen LogP contribution in [0.2, 0.25) is 0 Å². The number of allylic oxidation sites excluding steroid dienone is 4. The van der Waals surface area contributed by atoms with E-state index in [2.05, 4.69) is 24.3 Å². The summed E-state index contributed by atoms with van der Waals surface area (Å²) in [5, 5.41) is 0. The standard InChI is InChI=1S/C32H60Cl2O3/c1-3-35-31(27-23-19-15-11-7-5-9-13-17-21-25-29-33)37-32(36-4-2)28-24-20-16-12-8-6-10-14-18-22-26-30-34/h15-16,19-20,31-32H,3-14,17-18,21-30H2,1-2H3. The summed E-state index contributed by atoms with van der Waals surface area (Å²) in [6, 6.07) is 0. The van der Waals surface area contributed by atoms with Crippen molar-refractivity contribution in [1.29, 1.82) is 0 Å². The molecule has 0 saturated heterocycles. The van der Waals surface area contributed by atoms with E-state index in [1.807, 2.05) is 13.8 Å². The largest absolute Gasteiger partial charge is 0.353 e. The summed E-state index contributed by atoms with van der Waals surface area (Å²) < 4.78 is 17.9. The van der Waals surface area contributed by atoms with Crippen LogP contribution in [-0.4, -0.2) is 37.6 Å². The van der Waals surface area contributed by atoms with Crippen LogP contribution >= 0.6 is 23.2 Å². The minimum atomic E-state index is -0.201. The Morgan fingerprint density at radius 1 is 0.459 bits per heavy atom. The van der Waals surface area contributed by atoms with Gasteiger partial charge in [0.2, 0.25) is 0 Å². The molecule has 0 aliphatic carbocycles. The van der Waals surface area contributed by atoms with Gasteiger partial charge in [0.05, 0.1) is 0 Å². The molecule has 5 heteroatoms. The summed E-state index contributed by atoms with van der Waals surface area (Å²) >= 11 is 11.5. The van der Waals surface area contributed by atoms with Gasteiger partial charge in [-0.1, -0.05) is 88.5 Å². The van der Waals surface area contributed by atoms with Crippen LogP contribution in [0, 0.1) is 0 Å². The number of hydrogen-bond acceptors (Lipinski definition) is 3. The highest BCUT2D eigenvalue weighted by Gasteiger charge is 2.16. The molecule has 0 amide bonds. The molecule has 0 aromatic heterocycles. The topological polar surface area (TPSA) is 27.7 Å².